The van der Waals surface area contributed by atoms with Crippen LogP contribution in [0, 0.1) is 16.7 Å². The number of rotatable bonds is 1. The van der Waals surface area contributed by atoms with Crippen molar-refractivity contribution in [2.75, 3.05) is 7.05 Å². The van der Waals surface area contributed by atoms with Gasteiger partial charge in [-0.15, -0.1) is 0 Å². The van der Waals surface area contributed by atoms with Gasteiger partial charge in [0.1, 0.15) is 0 Å². The highest BCUT2D eigenvalue weighted by molar-refractivity contribution is 5.81. The lowest BCUT2D eigenvalue weighted by molar-refractivity contribution is 0.186. The summed E-state index contributed by atoms with van der Waals surface area (Å²) < 4.78 is 0. The molecule has 0 aromatic rings. The van der Waals surface area contributed by atoms with Crippen molar-refractivity contribution in [1.29, 1.82) is 5.41 Å². The molecule has 3 heteroatoms. The summed E-state index contributed by atoms with van der Waals surface area (Å²) in [7, 11) is 2.04. The third kappa shape index (κ3) is 1.91. The van der Waals surface area contributed by atoms with Crippen molar-refractivity contribution >= 4 is 5.84 Å². The van der Waals surface area contributed by atoms with Crippen LogP contribution in [0.3, 0.4) is 0 Å². The van der Waals surface area contributed by atoms with Crippen LogP contribution in [0.15, 0.2) is 12.3 Å². The van der Waals surface area contributed by atoms with E-state index in [0.29, 0.717) is 11.9 Å². The number of allylic oxidation sites excluding steroid dienone is 1. The van der Waals surface area contributed by atoms with Crippen molar-refractivity contribution in [3.8, 4) is 0 Å². The molecule has 0 saturated carbocycles. The Hall–Kier alpha value is -0.990. The van der Waals surface area contributed by atoms with E-state index in [-0.39, 0.29) is 11.3 Å². The Morgan fingerprint density at radius 3 is 2.64 bits per heavy atom. The van der Waals surface area contributed by atoms with Crippen molar-refractivity contribution in [1.82, 2.24) is 4.90 Å². The molecule has 14 heavy (non-hydrogen) atoms. The summed E-state index contributed by atoms with van der Waals surface area (Å²) in [5.41, 5.74) is 5.77. The van der Waals surface area contributed by atoms with Crippen molar-refractivity contribution in [3.63, 3.8) is 0 Å². The SMILES string of the molecule is CC1C(C(=N)N)C(C)(C)CC=CN1C. The molecule has 0 aliphatic carbocycles. The standard InChI is InChI=1S/C11H21N3/c1-8-9(10(12)13)11(2,3)6-5-7-14(8)4/h5,7-9H,6H2,1-4H3,(H3,12,13). The quantitative estimate of drug-likeness (QED) is 0.495. The van der Waals surface area contributed by atoms with E-state index in [2.05, 4.69) is 37.9 Å². The summed E-state index contributed by atoms with van der Waals surface area (Å²) >= 11 is 0. The van der Waals surface area contributed by atoms with E-state index in [0.717, 1.165) is 6.42 Å². The van der Waals surface area contributed by atoms with E-state index in [1.54, 1.807) is 0 Å². The van der Waals surface area contributed by atoms with Crippen LogP contribution < -0.4 is 5.73 Å². The minimum atomic E-state index is 0.0759. The fraction of sp³-hybridized carbons (Fsp3) is 0.727. The highest BCUT2D eigenvalue weighted by Gasteiger charge is 2.37. The first-order chi connectivity index (χ1) is 6.36. The molecule has 0 spiro atoms. The molecular weight excluding hydrogens is 174 g/mol. The first-order valence-corrected chi connectivity index (χ1v) is 5.09. The molecule has 1 rings (SSSR count). The first kappa shape index (κ1) is 11.1. The van der Waals surface area contributed by atoms with Gasteiger partial charge in [0.15, 0.2) is 0 Å². The van der Waals surface area contributed by atoms with Crippen molar-refractivity contribution in [2.24, 2.45) is 17.1 Å². The van der Waals surface area contributed by atoms with Gasteiger partial charge in [-0.1, -0.05) is 19.9 Å². The Balaban J connectivity index is 3.01. The maximum atomic E-state index is 7.69. The normalized spacial score (nSPS) is 31.3. The van der Waals surface area contributed by atoms with Crippen LogP contribution in [-0.4, -0.2) is 23.8 Å². The minimum Gasteiger partial charge on any atom is -0.387 e. The van der Waals surface area contributed by atoms with E-state index in [1.165, 1.54) is 0 Å². The lowest BCUT2D eigenvalue weighted by atomic mass is 9.72. The molecule has 2 atom stereocenters. The highest BCUT2D eigenvalue weighted by Crippen LogP contribution is 2.37. The Bertz CT molecular complexity index is 255. The predicted molar refractivity (Wildman–Crippen MR) is 60.2 cm³/mol. The monoisotopic (exact) mass is 195 g/mol. The molecule has 0 aromatic heterocycles. The molecule has 1 aliphatic rings. The lowest BCUT2D eigenvalue weighted by Gasteiger charge is -2.38. The molecule has 80 valence electrons. The molecule has 2 unspecified atom stereocenters. The summed E-state index contributed by atoms with van der Waals surface area (Å²) in [4.78, 5) is 2.14. The summed E-state index contributed by atoms with van der Waals surface area (Å²) in [6.07, 6.45) is 5.24. The molecule has 0 amide bonds. The molecular formula is C11H21N3. The third-order valence-corrected chi connectivity index (χ3v) is 3.29. The summed E-state index contributed by atoms with van der Waals surface area (Å²) in [6.45, 7) is 6.49. The highest BCUT2D eigenvalue weighted by atomic mass is 15.1. The molecule has 0 radical (unpaired) electrons. The second-order valence-corrected chi connectivity index (χ2v) is 4.92. The summed E-state index contributed by atoms with van der Waals surface area (Å²) in [6, 6.07) is 0.293. The second kappa shape index (κ2) is 3.64. The number of hydrogen-bond acceptors (Lipinski definition) is 2. The molecule has 0 saturated heterocycles. The van der Waals surface area contributed by atoms with Gasteiger partial charge in [0.25, 0.3) is 0 Å². The molecule has 0 bridgehead atoms. The number of hydrogen-bond donors (Lipinski definition) is 2. The zero-order valence-electron chi connectivity index (χ0n) is 9.54. The van der Waals surface area contributed by atoms with Gasteiger partial charge < -0.3 is 10.6 Å². The Morgan fingerprint density at radius 1 is 1.57 bits per heavy atom. The largest absolute Gasteiger partial charge is 0.387 e. The van der Waals surface area contributed by atoms with Gasteiger partial charge in [-0.3, -0.25) is 5.41 Å². The van der Waals surface area contributed by atoms with Gasteiger partial charge in [0.05, 0.1) is 5.84 Å². The zero-order chi connectivity index (χ0) is 10.9. The third-order valence-electron chi connectivity index (χ3n) is 3.29. The molecule has 1 heterocycles. The van der Waals surface area contributed by atoms with Gasteiger partial charge in [0.2, 0.25) is 0 Å². The van der Waals surface area contributed by atoms with Crippen molar-refractivity contribution < 1.29 is 0 Å². The zero-order valence-corrected chi connectivity index (χ0v) is 9.54. The molecule has 3 N–H and O–H groups in total. The Labute approximate surface area is 86.5 Å². The van der Waals surface area contributed by atoms with Gasteiger partial charge in [-0.2, -0.15) is 0 Å². The Morgan fingerprint density at radius 2 is 2.14 bits per heavy atom. The van der Waals surface area contributed by atoms with Gasteiger partial charge in [0, 0.05) is 19.0 Å². The number of nitrogens with one attached hydrogen (secondary N) is 1. The molecule has 1 aliphatic heterocycles. The van der Waals surface area contributed by atoms with E-state index in [4.69, 9.17) is 11.1 Å². The van der Waals surface area contributed by atoms with E-state index in [9.17, 15) is 0 Å². The van der Waals surface area contributed by atoms with Gasteiger partial charge >= 0.3 is 0 Å². The average molecular weight is 195 g/mol. The van der Waals surface area contributed by atoms with Crippen LogP contribution in [0.2, 0.25) is 0 Å². The molecule has 0 aromatic carbocycles. The van der Waals surface area contributed by atoms with Crippen molar-refractivity contribution in [3.05, 3.63) is 12.3 Å². The fourth-order valence-electron chi connectivity index (χ4n) is 2.35. The van der Waals surface area contributed by atoms with Crippen molar-refractivity contribution in [2.45, 2.75) is 33.2 Å². The molecule has 0 fully saturated rings. The maximum absolute atomic E-state index is 7.69. The van der Waals surface area contributed by atoms with Gasteiger partial charge in [-0.25, -0.2) is 0 Å². The van der Waals surface area contributed by atoms with E-state index in [1.807, 2.05) is 7.05 Å². The van der Waals surface area contributed by atoms with Crippen LogP contribution in [0.4, 0.5) is 0 Å². The minimum absolute atomic E-state index is 0.0759. The molecule has 3 nitrogen and oxygen atoms in total. The summed E-state index contributed by atoms with van der Waals surface area (Å²) in [5, 5.41) is 7.69. The second-order valence-electron chi connectivity index (χ2n) is 4.92. The van der Waals surface area contributed by atoms with Crippen LogP contribution in [0.25, 0.3) is 0 Å². The van der Waals surface area contributed by atoms with E-state index < -0.39 is 0 Å². The Kier molecular flexibility index (Phi) is 2.88. The lowest BCUT2D eigenvalue weighted by Crippen LogP contribution is -2.46. The fourth-order valence-corrected chi connectivity index (χ4v) is 2.35. The van der Waals surface area contributed by atoms with Gasteiger partial charge in [-0.05, 0) is 25.0 Å². The number of amidine groups is 1. The van der Waals surface area contributed by atoms with Crippen LogP contribution in [0.1, 0.15) is 27.2 Å². The predicted octanol–water partition coefficient (Wildman–Crippen LogP) is 1.80. The average Bonchev–Trinajstić information content (AvgIpc) is 2.09. The first-order valence-electron chi connectivity index (χ1n) is 5.09. The maximum Gasteiger partial charge on any atom is 0.0963 e. The number of nitrogens with two attached hydrogens (primary N) is 1. The number of nitrogens with zero attached hydrogens (tertiary/aromatic N) is 1. The van der Waals surface area contributed by atoms with Crippen LogP contribution in [0.5, 0.6) is 0 Å². The summed E-state index contributed by atoms with van der Waals surface area (Å²) in [5.74, 6) is 0.431. The smallest absolute Gasteiger partial charge is 0.0963 e. The van der Waals surface area contributed by atoms with E-state index >= 15 is 0 Å². The topological polar surface area (TPSA) is 53.1 Å². The van der Waals surface area contributed by atoms with Crippen LogP contribution >= 0.6 is 0 Å². The van der Waals surface area contributed by atoms with Crippen LogP contribution in [-0.2, 0) is 0 Å².